The van der Waals surface area contributed by atoms with Crippen LogP contribution in [0.15, 0.2) is 16.3 Å². The van der Waals surface area contributed by atoms with Crippen LogP contribution in [0, 0.1) is 5.92 Å². The number of nitrogens with zero attached hydrogens (tertiary/aromatic N) is 1. The number of rotatable bonds is 3. The van der Waals surface area contributed by atoms with Gasteiger partial charge >= 0.3 is 6.30 Å². The van der Waals surface area contributed by atoms with Crippen molar-refractivity contribution in [1.82, 2.24) is 0 Å². The molecular weight excluding hydrogens is 203 g/mol. The van der Waals surface area contributed by atoms with Crippen molar-refractivity contribution in [2.45, 2.75) is 20.1 Å². The van der Waals surface area contributed by atoms with Gasteiger partial charge in [-0.15, -0.1) is 17.5 Å². The molecule has 1 atom stereocenters. The quantitative estimate of drug-likeness (QED) is 0.665. The molecule has 0 amide bonds. The summed E-state index contributed by atoms with van der Waals surface area (Å²) < 4.78 is 49.1. The average molecular weight is 215 g/mol. The highest BCUT2D eigenvalue weighted by Crippen LogP contribution is 2.20. The zero-order chi connectivity index (χ0) is 10.7. The number of hydrogen-bond donors (Lipinski definition) is 0. The molecule has 0 N–H and O–H groups in total. The van der Waals surface area contributed by atoms with Crippen molar-refractivity contribution in [2.75, 3.05) is 5.75 Å². The van der Waals surface area contributed by atoms with Gasteiger partial charge in [0, 0.05) is 11.2 Å². The van der Waals surface area contributed by atoms with E-state index >= 15 is 0 Å². The third-order valence-corrected chi connectivity index (χ3v) is 3.27. The van der Waals surface area contributed by atoms with Gasteiger partial charge in [0.1, 0.15) is 0 Å². The minimum absolute atomic E-state index is 0.114. The SMILES string of the molecule is C=CS(=O)(CC(C)C)=NC(F)(F)F. The Morgan fingerprint density at radius 2 is 2.00 bits per heavy atom. The molecule has 0 fully saturated rings. The van der Waals surface area contributed by atoms with E-state index in [-0.39, 0.29) is 11.7 Å². The van der Waals surface area contributed by atoms with Crippen molar-refractivity contribution in [3.63, 3.8) is 0 Å². The second kappa shape index (κ2) is 4.13. The molecule has 0 rings (SSSR count). The van der Waals surface area contributed by atoms with Gasteiger partial charge in [0.25, 0.3) is 0 Å². The van der Waals surface area contributed by atoms with Gasteiger partial charge in [-0.3, -0.25) is 0 Å². The molecule has 1 unspecified atom stereocenters. The molecule has 13 heavy (non-hydrogen) atoms. The van der Waals surface area contributed by atoms with Crippen LogP contribution < -0.4 is 0 Å². The molecule has 0 aromatic heterocycles. The van der Waals surface area contributed by atoms with Crippen LogP contribution >= 0.6 is 0 Å². The van der Waals surface area contributed by atoms with E-state index in [1.807, 2.05) is 0 Å². The first-order chi connectivity index (χ1) is 5.68. The Morgan fingerprint density at radius 1 is 1.54 bits per heavy atom. The van der Waals surface area contributed by atoms with Crippen molar-refractivity contribution in [1.29, 1.82) is 0 Å². The van der Waals surface area contributed by atoms with Crippen molar-refractivity contribution in [3.05, 3.63) is 12.0 Å². The lowest BCUT2D eigenvalue weighted by molar-refractivity contribution is -0.117. The fourth-order valence-corrected chi connectivity index (χ4v) is 2.39. The Morgan fingerprint density at radius 3 is 2.23 bits per heavy atom. The molecule has 0 saturated carbocycles. The monoisotopic (exact) mass is 215 g/mol. The Labute approximate surface area is 76.0 Å². The maximum absolute atomic E-state index is 11.8. The highest BCUT2D eigenvalue weighted by Gasteiger charge is 2.29. The number of hydrogen-bond acceptors (Lipinski definition) is 2. The summed E-state index contributed by atoms with van der Waals surface area (Å²) in [4.78, 5) is 0. The van der Waals surface area contributed by atoms with Crippen LogP contribution in [-0.4, -0.2) is 16.3 Å². The topological polar surface area (TPSA) is 29.4 Å². The molecular formula is C7H12F3NOS. The van der Waals surface area contributed by atoms with Gasteiger partial charge in [-0.2, -0.15) is 0 Å². The van der Waals surface area contributed by atoms with Crippen LogP contribution in [0.25, 0.3) is 0 Å². The molecule has 0 bridgehead atoms. The Kier molecular flexibility index (Phi) is 3.96. The molecule has 0 radical (unpaired) electrons. The molecule has 0 aromatic rings. The van der Waals surface area contributed by atoms with Gasteiger partial charge in [-0.05, 0) is 5.92 Å². The largest absolute Gasteiger partial charge is 0.511 e. The van der Waals surface area contributed by atoms with Gasteiger partial charge in [0.2, 0.25) is 0 Å². The van der Waals surface area contributed by atoms with Gasteiger partial charge in [-0.1, -0.05) is 20.4 Å². The van der Waals surface area contributed by atoms with Crippen LogP contribution in [0.1, 0.15) is 13.8 Å². The van der Waals surface area contributed by atoms with E-state index in [1.54, 1.807) is 13.8 Å². The normalized spacial score (nSPS) is 16.8. The lowest BCUT2D eigenvalue weighted by atomic mass is 10.3. The molecule has 0 aliphatic carbocycles. The summed E-state index contributed by atoms with van der Waals surface area (Å²) in [6.07, 6.45) is -4.75. The number of halogens is 3. The van der Waals surface area contributed by atoms with Gasteiger partial charge in [0.05, 0.1) is 9.73 Å². The Hall–Kier alpha value is -0.520. The van der Waals surface area contributed by atoms with Crippen LogP contribution in [0.4, 0.5) is 13.2 Å². The fraction of sp³-hybridized carbons (Fsp3) is 0.714. The fourth-order valence-electron chi connectivity index (χ4n) is 0.795. The van der Waals surface area contributed by atoms with Crippen LogP contribution in [0.2, 0.25) is 0 Å². The van der Waals surface area contributed by atoms with Crippen LogP contribution in [0.3, 0.4) is 0 Å². The molecule has 0 spiro atoms. The molecule has 0 saturated heterocycles. The third kappa shape index (κ3) is 5.68. The minimum atomic E-state index is -4.75. The highest BCUT2D eigenvalue weighted by molar-refractivity contribution is 7.96. The summed E-state index contributed by atoms with van der Waals surface area (Å²) in [7, 11) is -3.32. The predicted molar refractivity (Wildman–Crippen MR) is 46.5 cm³/mol. The molecule has 0 aliphatic rings. The Bertz CT molecular complexity index is 287. The Balaban J connectivity index is 4.96. The molecule has 2 nitrogen and oxygen atoms in total. The van der Waals surface area contributed by atoms with Crippen molar-refractivity contribution < 1.29 is 17.4 Å². The van der Waals surface area contributed by atoms with Gasteiger partial charge in [0.15, 0.2) is 0 Å². The predicted octanol–water partition coefficient (Wildman–Crippen LogP) is 2.77. The molecule has 0 heterocycles. The first-order valence-corrected chi connectivity index (χ1v) is 5.38. The average Bonchev–Trinajstić information content (AvgIpc) is 1.81. The van der Waals surface area contributed by atoms with Crippen molar-refractivity contribution in [2.24, 2.45) is 10.3 Å². The van der Waals surface area contributed by atoms with Crippen molar-refractivity contribution in [3.8, 4) is 0 Å². The zero-order valence-electron chi connectivity index (χ0n) is 7.47. The summed E-state index contributed by atoms with van der Waals surface area (Å²) in [5, 5.41) is 0.778. The lowest BCUT2D eigenvalue weighted by Gasteiger charge is -2.08. The molecule has 0 aromatic carbocycles. The highest BCUT2D eigenvalue weighted by atomic mass is 32.2. The standard InChI is InChI=1S/C7H12F3NOS/c1-4-13(12,5-6(2)3)11-7(8,9)10/h4,6H,1,5H2,2-3H3. The second-order valence-electron chi connectivity index (χ2n) is 2.98. The van der Waals surface area contributed by atoms with E-state index < -0.39 is 16.0 Å². The lowest BCUT2D eigenvalue weighted by Crippen LogP contribution is -2.14. The maximum atomic E-state index is 11.8. The first-order valence-electron chi connectivity index (χ1n) is 3.64. The first kappa shape index (κ1) is 12.5. The minimum Gasteiger partial charge on any atom is -0.245 e. The zero-order valence-corrected chi connectivity index (χ0v) is 8.28. The van der Waals surface area contributed by atoms with E-state index in [9.17, 15) is 17.4 Å². The van der Waals surface area contributed by atoms with E-state index in [1.165, 1.54) is 0 Å². The summed E-state index contributed by atoms with van der Waals surface area (Å²) >= 11 is 0. The summed E-state index contributed by atoms with van der Waals surface area (Å²) in [6, 6.07) is 0. The summed E-state index contributed by atoms with van der Waals surface area (Å²) in [6.45, 7) is 6.45. The van der Waals surface area contributed by atoms with E-state index in [0.29, 0.717) is 0 Å². The van der Waals surface area contributed by atoms with E-state index in [4.69, 9.17) is 0 Å². The van der Waals surface area contributed by atoms with Gasteiger partial charge in [-0.25, -0.2) is 4.21 Å². The smallest absolute Gasteiger partial charge is 0.245 e. The van der Waals surface area contributed by atoms with Gasteiger partial charge < -0.3 is 0 Å². The van der Waals surface area contributed by atoms with Crippen LogP contribution in [-0.2, 0) is 9.73 Å². The number of alkyl halides is 3. The van der Waals surface area contributed by atoms with Crippen LogP contribution in [0.5, 0.6) is 0 Å². The third-order valence-electron chi connectivity index (χ3n) is 1.09. The molecule has 78 valence electrons. The van der Waals surface area contributed by atoms with E-state index in [0.717, 1.165) is 5.41 Å². The molecule has 6 heteroatoms. The summed E-state index contributed by atoms with van der Waals surface area (Å²) in [5.74, 6) is -0.229. The second-order valence-corrected chi connectivity index (χ2v) is 5.20. The van der Waals surface area contributed by atoms with Crippen molar-refractivity contribution >= 4 is 9.73 Å². The van der Waals surface area contributed by atoms with E-state index in [2.05, 4.69) is 10.9 Å². The molecule has 0 aliphatic heterocycles. The maximum Gasteiger partial charge on any atom is 0.511 e. The summed E-state index contributed by atoms with van der Waals surface area (Å²) in [5.41, 5.74) is 0.